The van der Waals surface area contributed by atoms with Gasteiger partial charge in [0.1, 0.15) is 5.82 Å². The van der Waals surface area contributed by atoms with E-state index in [1.807, 2.05) is 31.2 Å². The van der Waals surface area contributed by atoms with Crippen LogP contribution in [-0.2, 0) is 4.79 Å². The predicted molar refractivity (Wildman–Crippen MR) is 92.6 cm³/mol. The molecule has 2 rings (SSSR count). The van der Waals surface area contributed by atoms with E-state index in [1.165, 1.54) is 30.0 Å². The van der Waals surface area contributed by atoms with Gasteiger partial charge in [-0.05, 0) is 49.7 Å². The molecule has 0 aliphatic heterocycles. The van der Waals surface area contributed by atoms with Crippen LogP contribution in [0.5, 0.6) is 0 Å². The molecule has 0 saturated heterocycles. The van der Waals surface area contributed by atoms with Crippen molar-refractivity contribution in [3.05, 3.63) is 65.0 Å². The number of benzene rings is 2. The van der Waals surface area contributed by atoms with E-state index in [0.29, 0.717) is 11.1 Å². The summed E-state index contributed by atoms with van der Waals surface area (Å²) < 4.78 is 13.2. The van der Waals surface area contributed by atoms with Gasteiger partial charge in [0.2, 0.25) is 5.91 Å². The number of carbonyl (C=O) groups excluding carboxylic acids is 2. The topological polar surface area (TPSA) is 46.2 Å². The van der Waals surface area contributed by atoms with Crippen molar-refractivity contribution in [1.82, 2.24) is 0 Å². The molecule has 0 saturated carbocycles. The summed E-state index contributed by atoms with van der Waals surface area (Å²) in [5, 5.41) is 2.78. The molecule has 0 aliphatic rings. The average Bonchev–Trinajstić information content (AvgIpc) is 2.52. The van der Waals surface area contributed by atoms with Crippen LogP contribution >= 0.6 is 11.8 Å². The van der Waals surface area contributed by atoms with E-state index in [0.717, 1.165) is 11.3 Å². The second-order valence-electron chi connectivity index (χ2n) is 5.29. The highest BCUT2D eigenvalue weighted by atomic mass is 32.2. The minimum Gasteiger partial charge on any atom is -0.325 e. The van der Waals surface area contributed by atoms with Crippen LogP contribution in [0, 0.1) is 19.7 Å². The highest BCUT2D eigenvalue weighted by molar-refractivity contribution is 8.00. The Balaban J connectivity index is 1.79. The number of hydrogen-bond acceptors (Lipinski definition) is 3. The number of carbonyl (C=O) groups is 2. The zero-order valence-electron chi connectivity index (χ0n) is 13.1. The summed E-state index contributed by atoms with van der Waals surface area (Å²) in [6, 6.07) is 11.8. The quantitative estimate of drug-likeness (QED) is 0.814. The number of amides is 1. The second-order valence-corrected chi connectivity index (χ2v) is 6.28. The standard InChI is InChI=1S/C18H18FNO2S/c1-12-3-6-15(7-4-12)20-18(22)11-23-10-17(21)14-5-8-16(19)13(2)9-14/h3-9H,10-11H2,1-2H3,(H,20,22). The highest BCUT2D eigenvalue weighted by Gasteiger charge is 2.10. The molecule has 2 aromatic carbocycles. The van der Waals surface area contributed by atoms with E-state index >= 15 is 0 Å². The molecule has 0 aromatic heterocycles. The summed E-state index contributed by atoms with van der Waals surface area (Å²) in [6.07, 6.45) is 0. The molecule has 0 heterocycles. The maximum atomic E-state index is 13.2. The number of Topliss-reactive ketones (excluding diaryl/α,β-unsaturated/α-hetero) is 1. The molecule has 0 atom stereocenters. The fourth-order valence-corrected chi connectivity index (χ4v) is 2.68. The SMILES string of the molecule is Cc1ccc(NC(=O)CSCC(=O)c2ccc(F)c(C)c2)cc1. The lowest BCUT2D eigenvalue weighted by atomic mass is 10.1. The van der Waals surface area contributed by atoms with E-state index < -0.39 is 0 Å². The number of nitrogens with one attached hydrogen (secondary N) is 1. The third-order valence-corrected chi connectivity index (χ3v) is 4.21. The molecule has 0 spiro atoms. The van der Waals surface area contributed by atoms with Crippen molar-refractivity contribution < 1.29 is 14.0 Å². The van der Waals surface area contributed by atoms with E-state index in [4.69, 9.17) is 0 Å². The number of rotatable bonds is 6. The van der Waals surface area contributed by atoms with Crippen LogP contribution in [0.4, 0.5) is 10.1 Å². The normalized spacial score (nSPS) is 10.4. The first-order valence-corrected chi connectivity index (χ1v) is 8.35. The summed E-state index contributed by atoms with van der Waals surface area (Å²) in [7, 11) is 0. The third-order valence-electron chi connectivity index (χ3n) is 3.28. The molecule has 120 valence electrons. The van der Waals surface area contributed by atoms with E-state index in [9.17, 15) is 14.0 Å². The molecule has 3 nitrogen and oxygen atoms in total. The zero-order valence-corrected chi connectivity index (χ0v) is 13.9. The summed E-state index contributed by atoms with van der Waals surface area (Å²) in [4.78, 5) is 23.8. The van der Waals surface area contributed by atoms with Gasteiger partial charge in [-0.15, -0.1) is 11.8 Å². The summed E-state index contributed by atoms with van der Waals surface area (Å²) in [5.74, 6) is -0.207. The minimum atomic E-state index is -0.327. The van der Waals surface area contributed by atoms with Crippen molar-refractivity contribution in [3.8, 4) is 0 Å². The highest BCUT2D eigenvalue weighted by Crippen LogP contribution is 2.13. The molecule has 1 amide bonds. The fourth-order valence-electron chi connectivity index (χ4n) is 1.97. The molecule has 1 N–H and O–H groups in total. The maximum absolute atomic E-state index is 13.2. The number of halogens is 1. The minimum absolute atomic E-state index is 0.110. The summed E-state index contributed by atoms with van der Waals surface area (Å²) in [6.45, 7) is 3.60. The van der Waals surface area contributed by atoms with Crippen molar-refractivity contribution in [3.63, 3.8) is 0 Å². The first-order chi connectivity index (χ1) is 11.0. The molecule has 0 unspecified atom stereocenters. The van der Waals surface area contributed by atoms with Crippen LogP contribution in [0.1, 0.15) is 21.5 Å². The van der Waals surface area contributed by atoms with Gasteiger partial charge < -0.3 is 5.32 Å². The molecule has 2 aromatic rings. The second kappa shape index (κ2) is 7.92. The van der Waals surface area contributed by atoms with Gasteiger partial charge in [-0.1, -0.05) is 17.7 Å². The zero-order chi connectivity index (χ0) is 16.8. The number of thioether (sulfide) groups is 1. The number of ketones is 1. The van der Waals surface area contributed by atoms with Crippen LogP contribution in [-0.4, -0.2) is 23.2 Å². The summed E-state index contributed by atoms with van der Waals surface area (Å²) >= 11 is 1.24. The van der Waals surface area contributed by atoms with Crippen molar-refractivity contribution in [1.29, 1.82) is 0 Å². The Morgan fingerprint density at radius 3 is 2.39 bits per heavy atom. The smallest absolute Gasteiger partial charge is 0.234 e. The lowest BCUT2D eigenvalue weighted by molar-refractivity contribution is -0.113. The Labute approximate surface area is 139 Å². The molecule has 0 radical (unpaired) electrons. The van der Waals surface area contributed by atoms with Crippen molar-refractivity contribution >= 4 is 29.1 Å². The number of aryl methyl sites for hydroxylation is 2. The van der Waals surface area contributed by atoms with Crippen LogP contribution in [0.2, 0.25) is 0 Å². The third kappa shape index (κ3) is 5.21. The Morgan fingerprint density at radius 2 is 1.74 bits per heavy atom. The van der Waals surface area contributed by atoms with Gasteiger partial charge in [0.25, 0.3) is 0 Å². The monoisotopic (exact) mass is 331 g/mol. The molecule has 0 fully saturated rings. The molecular formula is C18H18FNO2S. The predicted octanol–water partition coefficient (Wildman–Crippen LogP) is 4.00. The van der Waals surface area contributed by atoms with Gasteiger partial charge in [0, 0.05) is 11.3 Å². The number of anilines is 1. The summed E-state index contributed by atoms with van der Waals surface area (Å²) in [5.41, 5.74) is 2.77. The lowest BCUT2D eigenvalue weighted by Crippen LogP contribution is -2.15. The largest absolute Gasteiger partial charge is 0.325 e. The molecule has 5 heteroatoms. The Bertz CT molecular complexity index is 713. The van der Waals surface area contributed by atoms with E-state index in [-0.39, 0.29) is 29.0 Å². The number of hydrogen-bond donors (Lipinski definition) is 1. The first kappa shape index (κ1) is 17.2. The fraction of sp³-hybridized carbons (Fsp3) is 0.222. The Hall–Kier alpha value is -2.14. The Morgan fingerprint density at radius 1 is 1.04 bits per heavy atom. The van der Waals surface area contributed by atoms with Gasteiger partial charge >= 0.3 is 0 Å². The van der Waals surface area contributed by atoms with Crippen LogP contribution in [0.15, 0.2) is 42.5 Å². The maximum Gasteiger partial charge on any atom is 0.234 e. The lowest BCUT2D eigenvalue weighted by Gasteiger charge is -2.06. The van der Waals surface area contributed by atoms with E-state index in [2.05, 4.69) is 5.32 Å². The van der Waals surface area contributed by atoms with Crippen molar-refractivity contribution in [2.45, 2.75) is 13.8 Å². The molecule has 0 aliphatic carbocycles. The first-order valence-electron chi connectivity index (χ1n) is 7.19. The van der Waals surface area contributed by atoms with Gasteiger partial charge in [0.15, 0.2) is 5.78 Å². The van der Waals surface area contributed by atoms with Crippen LogP contribution < -0.4 is 5.32 Å². The van der Waals surface area contributed by atoms with Gasteiger partial charge in [0.05, 0.1) is 11.5 Å². The molecular weight excluding hydrogens is 313 g/mol. The molecule has 0 bridgehead atoms. The van der Waals surface area contributed by atoms with Crippen molar-refractivity contribution in [2.75, 3.05) is 16.8 Å². The average molecular weight is 331 g/mol. The van der Waals surface area contributed by atoms with Crippen LogP contribution in [0.3, 0.4) is 0 Å². The van der Waals surface area contributed by atoms with Crippen LogP contribution in [0.25, 0.3) is 0 Å². The molecule has 23 heavy (non-hydrogen) atoms. The van der Waals surface area contributed by atoms with Crippen molar-refractivity contribution in [2.24, 2.45) is 0 Å². The van der Waals surface area contributed by atoms with Gasteiger partial charge in [-0.3, -0.25) is 9.59 Å². The van der Waals surface area contributed by atoms with E-state index in [1.54, 1.807) is 6.92 Å². The van der Waals surface area contributed by atoms with Gasteiger partial charge in [-0.2, -0.15) is 0 Å². The Kier molecular flexibility index (Phi) is 5.93. The van der Waals surface area contributed by atoms with Gasteiger partial charge in [-0.25, -0.2) is 4.39 Å².